The van der Waals surface area contributed by atoms with E-state index in [9.17, 15) is 4.79 Å². The number of aromatic nitrogens is 2. The number of nitrogens with zero attached hydrogens (tertiary/aromatic N) is 2. The first-order chi connectivity index (χ1) is 13.1. The fourth-order valence-corrected chi connectivity index (χ4v) is 3.66. The number of amides is 1. The van der Waals surface area contributed by atoms with Gasteiger partial charge in [-0.3, -0.25) is 4.79 Å². The van der Waals surface area contributed by atoms with Crippen LogP contribution in [0.15, 0.2) is 42.5 Å². The van der Waals surface area contributed by atoms with E-state index in [0.717, 1.165) is 53.9 Å². The lowest BCUT2D eigenvalue weighted by Crippen LogP contribution is -2.15. The summed E-state index contributed by atoms with van der Waals surface area (Å²) in [7, 11) is 0. The standard InChI is InChI=1S/C22H24N4O/c1-3-15-8-11-17(12-9-15)26-20-6-4-5-18(20)21(25-26)22(27)24-19-13-16(23)10-7-14(19)2/h7-13H,3-6,23H2,1-2H3,(H,24,27). The van der Waals surface area contributed by atoms with E-state index in [1.807, 2.05) is 23.7 Å². The minimum absolute atomic E-state index is 0.175. The molecule has 0 aliphatic heterocycles. The monoisotopic (exact) mass is 360 g/mol. The smallest absolute Gasteiger partial charge is 0.276 e. The Balaban J connectivity index is 1.69. The Morgan fingerprint density at radius 2 is 1.96 bits per heavy atom. The molecule has 1 aliphatic carbocycles. The van der Waals surface area contributed by atoms with E-state index in [0.29, 0.717) is 11.4 Å². The van der Waals surface area contributed by atoms with Crippen molar-refractivity contribution in [3.63, 3.8) is 0 Å². The summed E-state index contributed by atoms with van der Waals surface area (Å²) in [5.74, 6) is -0.175. The maximum Gasteiger partial charge on any atom is 0.276 e. The molecule has 27 heavy (non-hydrogen) atoms. The number of aryl methyl sites for hydroxylation is 2. The predicted octanol–water partition coefficient (Wildman–Crippen LogP) is 4.07. The highest BCUT2D eigenvalue weighted by atomic mass is 16.2. The van der Waals surface area contributed by atoms with Crippen LogP contribution in [-0.2, 0) is 19.3 Å². The summed E-state index contributed by atoms with van der Waals surface area (Å²) in [4.78, 5) is 13.0. The van der Waals surface area contributed by atoms with Gasteiger partial charge in [0, 0.05) is 22.6 Å². The average molecular weight is 360 g/mol. The topological polar surface area (TPSA) is 72.9 Å². The quantitative estimate of drug-likeness (QED) is 0.689. The van der Waals surface area contributed by atoms with Crippen molar-refractivity contribution in [1.29, 1.82) is 0 Å². The molecule has 1 aromatic heterocycles. The molecule has 1 heterocycles. The molecule has 1 amide bonds. The van der Waals surface area contributed by atoms with Crippen molar-refractivity contribution in [2.45, 2.75) is 39.5 Å². The van der Waals surface area contributed by atoms with Crippen LogP contribution in [0.25, 0.3) is 5.69 Å². The van der Waals surface area contributed by atoms with E-state index in [4.69, 9.17) is 5.73 Å². The summed E-state index contributed by atoms with van der Waals surface area (Å²) < 4.78 is 1.93. The summed E-state index contributed by atoms with van der Waals surface area (Å²) in [6.45, 7) is 4.09. The largest absolute Gasteiger partial charge is 0.399 e. The Morgan fingerprint density at radius 3 is 2.70 bits per heavy atom. The highest BCUT2D eigenvalue weighted by molar-refractivity contribution is 6.04. The minimum atomic E-state index is -0.175. The summed E-state index contributed by atoms with van der Waals surface area (Å²) in [5.41, 5.74) is 13.2. The van der Waals surface area contributed by atoms with Crippen molar-refractivity contribution < 1.29 is 4.79 Å². The lowest BCUT2D eigenvalue weighted by molar-refractivity contribution is 0.102. The van der Waals surface area contributed by atoms with Gasteiger partial charge in [-0.1, -0.05) is 25.1 Å². The van der Waals surface area contributed by atoms with Crippen LogP contribution in [0.1, 0.15) is 46.2 Å². The van der Waals surface area contributed by atoms with Gasteiger partial charge >= 0.3 is 0 Å². The second-order valence-electron chi connectivity index (χ2n) is 7.09. The van der Waals surface area contributed by atoms with Crippen LogP contribution in [0.2, 0.25) is 0 Å². The van der Waals surface area contributed by atoms with Crippen LogP contribution >= 0.6 is 0 Å². The van der Waals surface area contributed by atoms with Crippen LogP contribution in [0.4, 0.5) is 11.4 Å². The maximum absolute atomic E-state index is 13.0. The van der Waals surface area contributed by atoms with Gasteiger partial charge in [-0.15, -0.1) is 0 Å². The molecule has 3 N–H and O–H groups in total. The van der Waals surface area contributed by atoms with E-state index >= 15 is 0 Å². The van der Waals surface area contributed by atoms with Gasteiger partial charge in [0.1, 0.15) is 0 Å². The first kappa shape index (κ1) is 17.3. The molecule has 5 heteroatoms. The van der Waals surface area contributed by atoms with Crippen LogP contribution in [0.5, 0.6) is 0 Å². The van der Waals surface area contributed by atoms with Crippen LogP contribution < -0.4 is 11.1 Å². The third-order valence-corrected chi connectivity index (χ3v) is 5.24. The molecule has 0 radical (unpaired) electrons. The third kappa shape index (κ3) is 3.21. The number of fused-ring (bicyclic) bond motifs is 1. The predicted molar refractivity (Wildman–Crippen MR) is 109 cm³/mol. The van der Waals surface area contributed by atoms with E-state index in [1.54, 1.807) is 6.07 Å². The molecular formula is C22H24N4O. The van der Waals surface area contributed by atoms with Crippen LogP contribution in [0, 0.1) is 6.92 Å². The maximum atomic E-state index is 13.0. The van der Waals surface area contributed by atoms with Crippen molar-refractivity contribution in [2.24, 2.45) is 0 Å². The number of nitrogen functional groups attached to an aromatic ring is 1. The number of anilines is 2. The molecule has 4 rings (SSSR count). The van der Waals surface area contributed by atoms with Gasteiger partial charge in [-0.05, 0) is 68.0 Å². The van der Waals surface area contributed by atoms with E-state index < -0.39 is 0 Å². The Morgan fingerprint density at radius 1 is 1.19 bits per heavy atom. The Labute approximate surface area is 159 Å². The van der Waals surface area contributed by atoms with Gasteiger partial charge in [-0.2, -0.15) is 5.10 Å². The van der Waals surface area contributed by atoms with Gasteiger partial charge in [-0.25, -0.2) is 4.68 Å². The fourth-order valence-electron chi connectivity index (χ4n) is 3.66. The van der Waals surface area contributed by atoms with E-state index in [2.05, 4.69) is 41.6 Å². The molecule has 0 saturated carbocycles. The lowest BCUT2D eigenvalue weighted by Gasteiger charge is -2.09. The molecule has 0 unspecified atom stereocenters. The SMILES string of the molecule is CCc1ccc(-n2nc(C(=O)Nc3cc(N)ccc3C)c3c2CCC3)cc1. The van der Waals surface area contributed by atoms with Gasteiger partial charge in [0.15, 0.2) is 5.69 Å². The highest BCUT2D eigenvalue weighted by Crippen LogP contribution is 2.29. The molecule has 5 nitrogen and oxygen atoms in total. The number of nitrogens with one attached hydrogen (secondary N) is 1. The molecule has 0 atom stereocenters. The first-order valence-corrected chi connectivity index (χ1v) is 9.44. The number of benzene rings is 2. The molecule has 0 spiro atoms. The molecular weight excluding hydrogens is 336 g/mol. The van der Waals surface area contributed by atoms with Crippen molar-refractivity contribution >= 4 is 17.3 Å². The molecule has 138 valence electrons. The lowest BCUT2D eigenvalue weighted by atomic mass is 10.1. The molecule has 1 aliphatic rings. The number of hydrogen-bond acceptors (Lipinski definition) is 3. The Bertz CT molecular complexity index is 1000. The van der Waals surface area contributed by atoms with Crippen molar-refractivity contribution in [3.05, 3.63) is 70.5 Å². The zero-order valence-corrected chi connectivity index (χ0v) is 15.7. The number of hydrogen-bond donors (Lipinski definition) is 2. The van der Waals surface area contributed by atoms with Gasteiger partial charge < -0.3 is 11.1 Å². The number of nitrogens with two attached hydrogens (primary N) is 1. The highest BCUT2D eigenvalue weighted by Gasteiger charge is 2.27. The second-order valence-corrected chi connectivity index (χ2v) is 7.09. The molecule has 0 bridgehead atoms. The third-order valence-electron chi connectivity index (χ3n) is 5.24. The molecule has 3 aromatic rings. The average Bonchev–Trinajstić information content (AvgIpc) is 3.27. The zero-order valence-electron chi connectivity index (χ0n) is 15.7. The number of carbonyl (C=O) groups excluding carboxylic acids is 1. The summed E-state index contributed by atoms with van der Waals surface area (Å²) >= 11 is 0. The van der Waals surface area contributed by atoms with Crippen LogP contribution in [0.3, 0.4) is 0 Å². The van der Waals surface area contributed by atoms with Crippen molar-refractivity contribution in [1.82, 2.24) is 9.78 Å². The Hall–Kier alpha value is -3.08. The van der Waals surface area contributed by atoms with E-state index in [1.165, 1.54) is 5.56 Å². The number of carbonyl (C=O) groups is 1. The number of rotatable bonds is 4. The molecule has 0 fully saturated rings. The zero-order chi connectivity index (χ0) is 19.0. The van der Waals surface area contributed by atoms with Gasteiger partial charge in [0.2, 0.25) is 0 Å². The molecule has 2 aromatic carbocycles. The van der Waals surface area contributed by atoms with Crippen LogP contribution in [-0.4, -0.2) is 15.7 Å². The summed E-state index contributed by atoms with van der Waals surface area (Å²) in [6, 6.07) is 13.9. The van der Waals surface area contributed by atoms with Gasteiger partial charge in [0.25, 0.3) is 5.91 Å². The van der Waals surface area contributed by atoms with Gasteiger partial charge in [0.05, 0.1) is 5.69 Å². The Kier molecular flexibility index (Phi) is 4.44. The molecule has 0 saturated heterocycles. The normalized spacial score (nSPS) is 12.8. The van der Waals surface area contributed by atoms with Crippen molar-refractivity contribution in [2.75, 3.05) is 11.1 Å². The fraction of sp³-hybridized carbons (Fsp3) is 0.273. The van der Waals surface area contributed by atoms with E-state index in [-0.39, 0.29) is 5.91 Å². The first-order valence-electron chi connectivity index (χ1n) is 9.44. The van der Waals surface area contributed by atoms with Crippen molar-refractivity contribution in [3.8, 4) is 5.69 Å². The second kappa shape index (κ2) is 6.91. The summed E-state index contributed by atoms with van der Waals surface area (Å²) in [6.07, 6.45) is 3.89. The minimum Gasteiger partial charge on any atom is -0.399 e. The summed E-state index contributed by atoms with van der Waals surface area (Å²) in [5, 5.41) is 7.66.